The lowest BCUT2D eigenvalue weighted by atomic mass is 9.78. The molecule has 3 N–H and O–H groups in total. The van der Waals surface area contributed by atoms with E-state index in [1.165, 1.54) is 37.1 Å². The molecule has 1 saturated carbocycles. The molecule has 4 heteroatoms. The van der Waals surface area contributed by atoms with E-state index in [4.69, 9.17) is 5.84 Å². The summed E-state index contributed by atoms with van der Waals surface area (Å²) in [5.74, 6) is 7.39. The Balaban J connectivity index is 2.00. The Morgan fingerprint density at radius 2 is 2.11 bits per heavy atom. The molecule has 1 aromatic rings. The van der Waals surface area contributed by atoms with Crippen LogP contribution in [-0.4, -0.2) is 15.8 Å². The Bertz CT molecular complexity index is 391. The summed E-state index contributed by atoms with van der Waals surface area (Å²) in [6, 6.07) is 2.60. The molecule has 1 atom stereocenters. The molecule has 1 aliphatic carbocycles. The first-order valence-electron chi connectivity index (χ1n) is 7.62. The highest BCUT2D eigenvalue weighted by atomic mass is 15.3. The van der Waals surface area contributed by atoms with Crippen molar-refractivity contribution < 1.29 is 0 Å². The molecule has 108 valence electrons. The Hall–Kier alpha value is -0.870. The fraction of sp³-hybridized carbons (Fsp3) is 0.800. The van der Waals surface area contributed by atoms with Gasteiger partial charge >= 0.3 is 0 Å². The number of hydrazine groups is 1. The van der Waals surface area contributed by atoms with Gasteiger partial charge in [0.1, 0.15) is 0 Å². The maximum absolute atomic E-state index is 5.80. The molecule has 0 spiro atoms. The minimum Gasteiger partial charge on any atom is -0.272 e. The van der Waals surface area contributed by atoms with Gasteiger partial charge in [-0.25, -0.2) is 0 Å². The summed E-state index contributed by atoms with van der Waals surface area (Å²) in [7, 11) is 2.03. The molecule has 1 fully saturated rings. The molecule has 1 aliphatic rings. The van der Waals surface area contributed by atoms with Crippen LogP contribution < -0.4 is 11.3 Å². The minimum atomic E-state index is 0.382. The monoisotopic (exact) mass is 264 g/mol. The van der Waals surface area contributed by atoms with Crippen molar-refractivity contribution in [2.45, 2.75) is 58.4 Å². The molecule has 0 radical (unpaired) electrons. The van der Waals surface area contributed by atoms with E-state index >= 15 is 0 Å². The van der Waals surface area contributed by atoms with Crippen molar-refractivity contribution in [2.24, 2.45) is 24.7 Å². The van der Waals surface area contributed by atoms with Gasteiger partial charge in [-0.2, -0.15) is 5.10 Å². The largest absolute Gasteiger partial charge is 0.272 e. The van der Waals surface area contributed by atoms with Crippen LogP contribution in [0.25, 0.3) is 0 Å². The number of aryl methyl sites for hydroxylation is 2. The summed E-state index contributed by atoms with van der Waals surface area (Å²) >= 11 is 0. The van der Waals surface area contributed by atoms with E-state index in [1.807, 2.05) is 11.7 Å². The zero-order chi connectivity index (χ0) is 13.8. The summed E-state index contributed by atoms with van der Waals surface area (Å²) in [4.78, 5) is 0. The minimum absolute atomic E-state index is 0.382. The SMILES string of the molecule is CCc1cc(CC(NN)C2CCC(C)CC2)n(C)n1. The second-order valence-corrected chi connectivity index (χ2v) is 6.10. The molecule has 1 aromatic heterocycles. The van der Waals surface area contributed by atoms with E-state index in [-0.39, 0.29) is 0 Å². The van der Waals surface area contributed by atoms with Crippen molar-refractivity contribution in [3.63, 3.8) is 0 Å². The highest BCUT2D eigenvalue weighted by Crippen LogP contribution is 2.31. The van der Waals surface area contributed by atoms with Crippen molar-refractivity contribution in [2.75, 3.05) is 0 Å². The van der Waals surface area contributed by atoms with Crippen LogP contribution in [0.15, 0.2) is 6.07 Å². The van der Waals surface area contributed by atoms with Crippen LogP contribution in [0.2, 0.25) is 0 Å². The average molecular weight is 264 g/mol. The number of rotatable bonds is 5. The third-order valence-corrected chi connectivity index (χ3v) is 4.66. The molecule has 1 unspecified atom stereocenters. The summed E-state index contributed by atoms with van der Waals surface area (Å²) in [6.45, 7) is 4.50. The molecule has 0 saturated heterocycles. The maximum Gasteiger partial charge on any atom is 0.0624 e. The quantitative estimate of drug-likeness (QED) is 0.633. The summed E-state index contributed by atoms with van der Waals surface area (Å²) < 4.78 is 2.01. The molecule has 0 bridgehead atoms. The highest BCUT2D eigenvalue weighted by Gasteiger charge is 2.26. The van der Waals surface area contributed by atoms with Crippen LogP contribution in [0.3, 0.4) is 0 Å². The lowest BCUT2D eigenvalue weighted by Gasteiger charge is -2.32. The molecule has 1 heterocycles. The second-order valence-electron chi connectivity index (χ2n) is 6.10. The fourth-order valence-electron chi connectivity index (χ4n) is 3.21. The predicted molar refractivity (Wildman–Crippen MR) is 78.5 cm³/mol. The number of hydrogen-bond acceptors (Lipinski definition) is 3. The Morgan fingerprint density at radius 1 is 1.42 bits per heavy atom. The molecule has 2 rings (SSSR count). The standard InChI is InChI=1S/C15H28N4/c1-4-13-9-14(19(3)18-13)10-15(17-16)12-7-5-11(2)6-8-12/h9,11-12,15,17H,4-8,10,16H2,1-3H3. The molecule has 19 heavy (non-hydrogen) atoms. The van der Waals surface area contributed by atoms with Gasteiger partial charge < -0.3 is 0 Å². The van der Waals surface area contributed by atoms with Gasteiger partial charge in [0.2, 0.25) is 0 Å². The van der Waals surface area contributed by atoms with E-state index in [0.29, 0.717) is 12.0 Å². The lowest BCUT2D eigenvalue weighted by Crippen LogP contribution is -2.44. The van der Waals surface area contributed by atoms with Crippen molar-refractivity contribution in [3.05, 3.63) is 17.5 Å². The smallest absolute Gasteiger partial charge is 0.0624 e. The van der Waals surface area contributed by atoms with Gasteiger partial charge in [-0.15, -0.1) is 0 Å². The van der Waals surface area contributed by atoms with E-state index < -0.39 is 0 Å². The van der Waals surface area contributed by atoms with Gasteiger partial charge in [0.15, 0.2) is 0 Å². The number of nitrogens with zero attached hydrogens (tertiary/aromatic N) is 2. The molecular weight excluding hydrogens is 236 g/mol. The van der Waals surface area contributed by atoms with Crippen molar-refractivity contribution in [1.29, 1.82) is 0 Å². The highest BCUT2D eigenvalue weighted by molar-refractivity contribution is 5.12. The molecular formula is C15H28N4. The van der Waals surface area contributed by atoms with Gasteiger partial charge in [0.25, 0.3) is 0 Å². The third kappa shape index (κ3) is 3.57. The Morgan fingerprint density at radius 3 is 2.63 bits per heavy atom. The lowest BCUT2D eigenvalue weighted by molar-refractivity contribution is 0.228. The Kier molecular flexibility index (Phi) is 4.99. The maximum atomic E-state index is 5.80. The molecule has 0 aliphatic heterocycles. The number of hydrogen-bond donors (Lipinski definition) is 2. The first kappa shape index (κ1) is 14.5. The summed E-state index contributed by atoms with van der Waals surface area (Å²) in [5, 5.41) is 4.52. The first-order chi connectivity index (χ1) is 9.13. The number of nitrogens with two attached hydrogens (primary N) is 1. The Labute approximate surface area is 116 Å². The van der Waals surface area contributed by atoms with E-state index in [1.54, 1.807) is 0 Å². The first-order valence-corrected chi connectivity index (χ1v) is 7.62. The molecule has 0 amide bonds. The number of nitrogens with one attached hydrogen (secondary N) is 1. The van der Waals surface area contributed by atoms with Crippen LogP contribution in [0.5, 0.6) is 0 Å². The van der Waals surface area contributed by atoms with Crippen molar-refractivity contribution in [3.8, 4) is 0 Å². The van der Waals surface area contributed by atoms with Crippen LogP contribution >= 0.6 is 0 Å². The van der Waals surface area contributed by atoms with Gasteiger partial charge in [-0.3, -0.25) is 16.0 Å². The zero-order valence-corrected chi connectivity index (χ0v) is 12.5. The van der Waals surface area contributed by atoms with Gasteiger partial charge in [-0.05, 0) is 37.2 Å². The summed E-state index contributed by atoms with van der Waals surface area (Å²) in [6.07, 6.45) is 7.26. The van der Waals surface area contributed by atoms with E-state index in [0.717, 1.165) is 18.8 Å². The van der Waals surface area contributed by atoms with Crippen LogP contribution in [-0.2, 0) is 19.9 Å². The van der Waals surface area contributed by atoms with E-state index in [2.05, 4.69) is 30.4 Å². The molecule has 4 nitrogen and oxygen atoms in total. The van der Waals surface area contributed by atoms with Gasteiger partial charge in [0.05, 0.1) is 5.69 Å². The van der Waals surface area contributed by atoms with Crippen molar-refractivity contribution in [1.82, 2.24) is 15.2 Å². The van der Waals surface area contributed by atoms with Crippen LogP contribution in [0, 0.1) is 11.8 Å². The normalized spacial score (nSPS) is 25.5. The average Bonchev–Trinajstić information content (AvgIpc) is 2.78. The second kappa shape index (κ2) is 6.53. The fourth-order valence-corrected chi connectivity index (χ4v) is 3.21. The third-order valence-electron chi connectivity index (χ3n) is 4.66. The zero-order valence-electron chi connectivity index (χ0n) is 12.5. The summed E-state index contributed by atoms with van der Waals surface area (Å²) in [5.41, 5.74) is 5.51. The van der Waals surface area contributed by atoms with Crippen LogP contribution in [0.4, 0.5) is 0 Å². The van der Waals surface area contributed by atoms with E-state index in [9.17, 15) is 0 Å². The van der Waals surface area contributed by atoms with Gasteiger partial charge in [-0.1, -0.05) is 26.7 Å². The molecule has 0 aromatic carbocycles. The predicted octanol–water partition coefficient (Wildman–Crippen LogP) is 2.18. The van der Waals surface area contributed by atoms with Crippen molar-refractivity contribution >= 4 is 0 Å². The van der Waals surface area contributed by atoms with Gasteiger partial charge in [0, 0.05) is 25.2 Å². The topological polar surface area (TPSA) is 55.9 Å². The number of aromatic nitrogens is 2. The van der Waals surface area contributed by atoms with Crippen LogP contribution in [0.1, 0.15) is 50.9 Å².